The van der Waals surface area contributed by atoms with Crippen LogP contribution in [0.3, 0.4) is 0 Å². The van der Waals surface area contributed by atoms with Gasteiger partial charge in [0.05, 0.1) is 11.4 Å². The lowest BCUT2D eigenvalue weighted by Crippen LogP contribution is -2.38. The molecule has 1 aromatic carbocycles. The Morgan fingerprint density at radius 2 is 2.12 bits per heavy atom. The molecule has 1 saturated heterocycles. The van der Waals surface area contributed by atoms with Crippen LogP contribution >= 0.6 is 0 Å². The first-order chi connectivity index (χ1) is 12.3. The van der Waals surface area contributed by atoms with Crippen molar-refractivity contribution >= 4 is 0 Å². The summed E-state index contributed by atoms with van der Waals surface area (Å²) in [4.78, 5) is 2.36. The van der Waals surface area contributed by atoms with Crippen molar-refractivity contribution in [1.82, 2.24) is 30.8 Å². The zero-order valence-electron chi connectivity index (χ0n) is 14.9. The van der Waals surface area contributed by atoms with Crippen molar-refractivity contribution < 1.29 is 0 Å². The number of nitrogens with zero attached hydrogens (tertiary/aromatic N) is 3. The van der Waals surface area contributed by atoms with Gasteiger partial charge in [-0.15, -0.1) is 0 Å². The number of aryl methyl sites for hydroxylation is 1. The van der Waals surface area contributed by atoms with Gasteiger partial charge in [-0.1, -0.05) is 30.3 Å². The summed E-state index contributed by atoms with van der Waals surface area (Å²) in [5.41, 5.74) is 10.7. The molecule has 6 nitrogen and oxygen atoms in total. The Balaban J connectivity index is 1.30. The largest absolute Gasteiger partial charge is 0.311 e. The minimum atomic E-state index is 0.398. The summed E-state index contributed by atoms with van der Waals surface area (Å²) < 4.78 is 2.17. The van der Waals surface area contributed by atoms with Crippen LogP contribution in [0.4, 0.5) is 0 Å². The summed E-state index contributed by atoms with van der Waals surface area (Å²) in [6.45, 7) is 4.95. The van der Waals surface area contributed by atoms with Gasteiger partial charge in [0.25, 0.3) is 0 Å². The maximum absolute atomic E-state index is 4.79. The highest BCUT2D eigenvalue weighted by molar-refractivity contribution is 5.20. The molecular weight excluding hydrogens is 312 g/mol. The third-order valence-corrected chi connectivity index (χ3v) is 5.09. The van der Waals surface area contributed by atoms with Gasteiger partial charge in [-0.25, -0.2) is 5.43 Å². The number of aromatic nitrogens is 2. The maximum Gasteiger partial charge on any atom is 0.0768 e. The summed E-state index contributed by atoms with van der Waals surface area (Å²) in [5, 5.41) is 8.24. The molecule has 1 fully saturated rings. The molecule has 0 aliphatic carbocycles. The number of benzene rings is 1. The van der Waals surface area contributed by atoms with Gasteiger partial charge in [-0.2, -0.15) is 5.10 Å². The molecular formula is C19H28N6. The molecule has 2 aromatic rings. The van der Waals surface area contributed by atoms with Crippen molar-refractivity contribution in [2.24, 2.45) is 0 Å². The first-order valence-corrected chi connectivity index (χ1v) is 9.29. The lowest BCUT2D eigenvalue weighted by Gasteiger charge is -2.19. The zero-order valence-corrected chi connectivity index (χ0v) is 14.9. The van der Waals surface area contributed by atoms with Crippen molar-refractivity contribution in [2.45, 2.75) is 44.6 Å². The van der Waals surface area contributed by atoms with Crippen LogP contribution in [0.2, 0.25) is 0 Å². The monoisotopic (exact) mass is 340 g/mol. The Bertz CT molecular complexity index is 659. The Morgan fingerprint density at radius 3 is 3.00 bits per heavy atom. The summed E-state index contributed by atoms with van der Waals surface area (Å²) in [7, 11) is 2.18. The predicted octanol–water partition coefficient (Wildman–Crippen LogP) is 1.42. The number of rotatable bonds is 5. The van der Waals surface area contributed by atoms with Crippen LogP contribution < -0.4 is 16.2 Å². The molecule has 2 unspecified atom stereocenters. The molecule has 4 rings (SSSR count). The second-order valence-corrected chi connectivity index (χ2v) is 7.26. The number of nitrogens with one attached hydrogen (secondary N) is 3. The van der Waals surface area contributed by atoms with Crippen LogP contribution in [0, 0.1) is 0 Å². The Hall–Kier alpha value is -1.73. The highest BCUT2D eigenvalue weighted by Gasteiger charge is 2.25. The fourth-order valence-corrected chi connectivity index (χ4v) is 3.86. The quantitative estimate of drug-likeness (QED) is 0.768. The number of hydrogen-bond acceptors (Lipinski definition) is 5. The molecule has 0 saturated carbocycles. The van der Waals surface area contributed by atoms with E-state index < -0.39 is 0 Å². The van der Waals surface area contributed by atoms with E-state index in [2.05, 4.69) is 69.2 Å². The molecule has 25 heavy (non-hydrogen) atoms. The van der Waals surface area contributed by atoms with E-state index in [4.69, 9.17) is 5.10 Å². The normalized spacial score (nSPS) is 23.6. The topological polar surface area (TPSA) is 57.2 Å². The summed E-state index contributed by atoms with van der Waals surface area (Å²) in [6.07, 6.45) is 2.26. The molecule has 6 heteroatoms. The number of hydrazine groups is 1. The third kappa shape index (κ3) is 4.10. The van der Waals surface area contributed by atoms with Crippen LogP contribution in [0.5, 0.6) is 0 Å². The second-order valence-electron chi connectivity index (χ2n) is 7.26. The Morgan fingerprint density at radius 1 is 1.24 bits per heavy atom. The van der Waals surface area contributed by atoms with Crippen molar-refractivity contribution in [2.75, 3.05) is 20.1 Å². The van der Waals surface area contributed by atoms with Gasteiger partial charge >= 0.3 is 0 Å². The molecule has 0 radical (unpaired) electrons. The molecule has 2 aliphatic rings. The van der Waals surface area contributed by atoms with Crippen LogP contribution in [0.25, 0.3) is 0 Å². The van der Waals surface area contributed by atoms with Crippen molar-refractivity contribution in [3.8, 4) is 0 Å². The maximum atomic E-state index is 4.79. The average Bonchev–Trinajstić information content (AvgIpc) is 3.17. The minimum Gasteiger partial charge on any atom is -0.311 e. The lowest BCUT2D eigenvalue weighted by molar-refractivity contribution is 0.285. The fraction of sp³-hybridized carbons (Fsp3) is 0.526. The van der Waals surface area contributed by atoms with Crippen molar-refractivity contribution in [3.05, 3.63) is 53.3 Å². The van der Waals surface area contributed by atoms with Gasteiger partial charge in [-0.05, 0) is 38.1 Å². The van der Waals surface area contributed by atoms with E-state index in [1.807, 2.05) is 0 Å². The number of hydrogen-bond donors (Lipinski definition) is 3. The lowest BCUT2D eigenvalue weighted by atomic mass is 10.0. The standard InChI is InChI=1S/C19H28N6/c1-24(14-17-10-18-12-20-8-5-9-25(18)23-17)13-16-11-19(22-21-16)15-6-3-2-4-7-15/h2-4,6-7,10,16,19-22H,5,8-9,11-14H2,1H3. The van der Waals surface area contributed by atoms with Crippen molar-refractivity contribution in [3.63, 3.8) is 0 Å². The van der Waals surface area contributed by atoms with Crippen LogP contribution in [-0.2, 0) is 19.6 Å². The second kappa shape index (κ2) is 7.66. The fourth-order valence-electron chi connectivity index (χ4n) is 3.86. The molecule has 134 valence electrons. The molecule has 0 bridgehead atoms. The van der Waals surface area contributed by atoms with Gasteiger partial charge in [0.1, 0.15) is 0 Å². The Labute approximate surface area is 149 Å². The molecule has 2 aliphatic heterocycles. The van der Waals surface area contributed by atoms with E-state index in [-0.39, 0.29) is 0 Å². The summed E-state index contributed by atoms with van der Waals surface area (Å²) >= 11 is 0. The summed E-state index contributed by atoms with van der Waals surface area (Å²) in [6, 6.07) is 13.8. The number of fused-ring (bicyclic) bond motifs is 1. The predicted molar refractivity (Wildman–Crippen MR) is 98.7 cm³/mol. The summed E-state index contributed by atoms with van der Waals surface area (Å²) in [5.74, 6) is 0. The van der Waals surface area contributed by atoms with Gasteiger partial charge in [0, 0.05) is 38.3 Å². The van der Waals surface area contributed by atoms with E-state index in [1.54, 1.807) is 0 Å². The van der Waals surface area contributed by atoms with Gasteiger partial charge < -0.3 is 5.32 Å². The molecule has 1 aromatic heterocycles. The van der Waals surface area contributed by atoms with Gasteiger partial charge in [0.15, 0.2) is 0 Å². The molecule has 3 heterocycles. The zero-order chi connectivity index (χ0) is 17.1. The van der Waals surface area contributed by atoms with Crippen molar-refractivity contribution in [1.29, 1.82) is 0 Å². The Kier molecular flexibility index (Phi) is 5.12. The first-order valence-electron chi connectivity index (χ1n) is 9.29. The number of likely N-dealkylation sites (N-methyl/N-ethyl adjacent to an activating group) is 1. The molecule has 0 amide bonds. The molecule has 3 N–H and O–H groups in total. The smallest absolute Gasteiger partial charge is 0.0768 e. The SMILES string of the molecule is CN(Cc1cc2n(n1)CCCNC2)CC1CC(c2ccccc2)NN1. The van der Waals surface area contributed by atoms with E-state index in [1.165, 1.54) is 17.0 Å². The van der Waals surface area contributed by atoms with Gasteiger partial charge in [0.2, 0.25) is 0 Å². The van der Waals surface area contributed by atoms with Crippen LogP contribution in [-0.4, -0.2) is 40.9 Å². The first kappa shape index (κ1) is 16.7. The highest BCUT2D eigenvalue weighted by atomic mass is 15.4. The van der Waals surface area contributed by atoms with E-state index in [0.29, 0.717) is 12.1 Å². The molecule has 2 atom stereocenters. The molecule has 0 spiro atoms. The van der Waals surface area contributed by atoms with Gasteiger partial charge in [-0.3, -0.25) is 15.0 Å². The minimum absolute atomic E-state index is 0.398. The third-order valence-electron chi connectivity index (χ3n) is 5.09. The van der Waals surface area contributed by atoms with Crippen LogP contribution in [0.15, 0.2) is 36.4 Å². The van der Waals surface area contributed by atoms with E-state index in [0.717, 1.165) is 45.6 Å². The van der Waals surface area contributed by atoms with Crippen LogP contribution in [0.1, 0.15) is 35.8 Å². The van der Waals surface area contributed by atoms with E-state index >= 15 is 0 Å². The highest BCUT2D eigenvalue weighted by Crippen LogP contribution is 2.22. The van der Waals surface area contributed by atoms with E-state index in [9.17, 15) is 0 Å². The average molecular weight is 340 g/mol.